The van der Waals surface area contributed by atoms with Gasteiger partial charge >= 0.3 is 0 Å². The summed E-state index contributed by atoms with van der Waals surface area (Å²) in [5.41, 5.74) is 6.23. The van der Waals surface area contributed by atoms with Gasteiger partial charge in [-0.3, -0.25) is 4.79 Å². The minimum atomic E-state index is -0.461. The van der Waals surface area contributed by atoms with Gasteiger partial charge < -0.3 is 11.1 Å². The van der Waals surface area contributed by atoms with Gasteiger partial charge in [0.05, 0.1) is 0 Å². The molecule has 1 aromatic rings. The summed E-state index contributed by atoms with van der Waals surface area (Å²) in [5.74, 6) is -0.224. The molecule has 0 aliphatic heterocycles. The molecule has 1 atom stereocenters. The Kier molecular flexibility index (Phi) is 4.43. The Morgan fingerprint density at radius 2 is 2.07 bits per heavy atom. The first-order chi connectivity index (χ1) is 6.74. The molecular weight excluding hydrogens is 200 g/mol. The Morgan fingerprint density at radius 1 is 1.43 bits per heavy atom. The summed E-state index contributed by atoms with van der Waals surface area (Å²) in [6, 6.07) is 9.31. The minimum absolute atomic E-state index is 0.197. The van der Waals surface area contributed by atoms with Crippen LogP contribution >= 0.6 is 11.6 Å². The highest BCUT2D eigenvalue weighted by molar-refractivity contribution is 6.19. The SMILES string of the molecule is NC(=O)[C@H](CCl)NCc1ccccc1. The molecule has 1 amide bonds. The van der Waals surface area contributed by atoms with E-state index in [-0.39, 0.29) is 5.88 Å². The highest BCUT2D eigenvalue weighted by atomic mass is 35.5. The van der Waals surface area contributed by atoms with Crippen molar-refractivity contribution in [2.75, 3.05) is 5.88 Å². The predicted molar refractivity (Wildman–Crippen MR) is 57.0 cm³/mol. The standard InChI is InChI=1S/C10H13ClN2O/c11-6-9(10(12)14)13-7-8-4-2-1-3-5-8/h1-5,9,13H,6-7H2,(H2,12,14)/t9-/m0/s1. The number of carbonyl (C=O) groups is 1. The van der Waals surface area contributed by atoms with Crippen molar-refractivity contribution in [3.8, 4) is 0 Å². The molecule has 14 heavy (non-hydrogen) atoms. The number of hydrogen-bond acceptors (Lipinski definition) is 2. The molecule has 4 heteroatoms. The lowest BCUT2D eigenvalue weighted by molar-refractivity contribution is -0.119. The van der Waals surface area contributed by atoms with Crippen LogP contribution in [0.15, 0.2) is 30.3 Å². The topological polar surface area (TPSA) is 55.1 Å². The van der Waals surface area contributed by atoms with Gasteiger partial charge in [-0.1, -0.05) is 30.3 Å². The largest absolute Gasteiger partial charge is 0.368 e. The van der Waals surface area contributed by atoms with Crippen molar-refractivity contribution < 1.29 is 4.79 Å². The lowest BCUT2D eigenvalue weighted by Crippen LogP contribution is -2.42. The normalized spacial score (nSPS) is 12.4. The molecule has 3 nitrogen and oxygen atoms in total. The molecule has 0 bridgehead atoms. The van der Waals surface area contributed by atoms with E-state index in [1.165, 1.54) is 0 Å². The third kappa shape index (κ3) is 3.36. The van der Waals surface area contributed by atoms with Crippen LogP contribution in [0.4, 0.5) is 0 Å². The first-order valence-corrected chi connectivity index (χ1v) is 4.90. The van der Waals surface area contributed by atoms with E-state index in [4.69, 9.17) is 17.3 Å². The second kappa shape index (κ2) is 5.62. The number of alkyl halides is 1. The molecule has 0 spiro atoms. The Balaban J connectivity index is 2.44. The van der Waals surface area contributed by atoms with Crippen molar-refractivity contribution in [3.05, 3.63) is 35.9 Å². The molecule has 0 unspecified atom stereocenters. The first-order valence-electron chi connectivity index (χ1n) is 4.36. The number of carbonyl (C=O) groups excluding carboxylic acids is 1. The number of benzene rings is 1. The van der Waals surface area contributed by atoms with Crippen LogP contribution in [0, 0.1) is 0 Å². The van der Waals surface area contributed by atoms with Crippen LogP contribution in [0.5, 0.6) is 0 Å². The predicted octanol–water partition coefficient (Wildman–Crippen LogP) is 0.869. The van der Waals surface area contributed by atoms with Crippen molar-refractivity contribution in [1.29, 1.82) is 0 Å². The molecule has 0 radical (unpaired) electrons. The molecule has 0 aromatic heterocycles. The average molecular weight is 213 g/mol. The number of nitrogens with two attached hydrogens (primary N) is 1. The van der Waals surface area contributed by atoms with Gasteiger partial charge in [-0.2, -0.15) is 0 Å². The minimum Gasteiger partial charge on any atom is -0.368 e. The molecule has 0 aliphatic rings. The molecule has 1 aromatic carbocycles. The summed E-state index contributed by atoms with van der Waals surface area (Å²) in [7, 11) is 0. The molecule has 0 saturated carbocycles. The zero-order valence-corrected chi connectivity index (χ0v) is 8.50. The average Bonchev–Trinajstić information content (AvgIpc) is 2.20. The van der Waals surface area contributed by atoms with Gasteiger partial charge in [0.1, 0.15) is 6.04 Å². The fraction of sp³-hybridized carbons (Fsp3) is 0.300. The zero-order valence-electron chi connectivity index (χ0n) is 7.74. The van der Waals surface area contributed by atoms with Crippen molar-refractivity contribution in [3.63, 3.8) is 0 Å². The summed E-state index contributed by atoms with van der Waals surface area (Å²) >= 11 is 5.57. The summed E-state index contributed by atoms with van der Waals surface area (Å²) in [6.45, 7) is 0.598. The van der Waals surface area contributed by atoms with Gasteiger partial charge in [0.15, 0.2) is 0 Å². The van der Waals surface area contributed by atoms with Crippen molar-refractivity contribution >= 4 is 17.5 Å². The first kappa shape index (κ1) is 11.0. The molecule has 76 valence electrons. The van der Waals surface area contributed by atoms with Crippen molar-refractivity contribution in [2.45, 2.75) is 12.6 Å². The molecule has 3 N–H and O–H groups in total. The monoisotopic (exact) mass is 212 g/mol. The number of nitrogens with one attached hydrogen (secondary N) is 1. The van der Waals surface area contributed by atoms with Crippen LogP contribution in [0.2, 0.25) is 0 Å². The van der Waals surface area contributed by atoms with E-state index in [0.29, 0.717) is 6.54 Å². The molecule has 0 fully saturated rings. The Hall–Kier alpha value is -1.06. The van der Waals surface area contributed by atoms with Crippen LogP contribution in [-0.2, 0) is 11.3 Å². The zero-order chi connectivity index (χ0) is 10.4. The van der Waals surface area contributed by atoms with Gasteiger partial charge in [0.25, 0.3) is 0 Å². The van der Waals surface area contributed by atoms with Crippen LogP contribution < -0.4 is 11.1 Å². The van der Waals surface area contributed by atoms with Crippen molar-refractivity contribution in [1.82, 2.24) is 5.32 Å². The summed E-state index contributed by atoms with van der Waals surface area (Å²) in [4.78, 5) is 10.8. The van der Waals surface area contributed by atoms with Crippen molar-refractivity contribution in [2.24, 2.45) is 5.73 Å². The number of halogens is 1. The lowest BCUT2D eigenvalue weighted by atomic mass is 10.2. The quantitative estimate of drug-likeness (QED) is 0.712. The molecule has 0 saturated heterocycles. The van der Waals surface area contributed by atoms with E-state index in [1.54, 1.807) is 0 Å². The molecular formula is C10H13ClN2O. The van der Waals surface area contributed by atoms with Gasteiger partial charge in [-0.15, -0.1) is 11.6 Å². The Bertz CT molecular complexity index is 289. The van der Waals surface area contributed by atoms with E-state index >= 15 is 0 Å². The number of amides is 1. The van der Waals surface area contributed by atoms with Crippen LogP contribution in [0.3, 0.4) is 0 Å². The number of hydrogen-bond donors (Lipinski definition) is 2. The van der Waals surface area contributed by atoms with Gasteiger partial charge in [-0.05, 0) is 5.56 Å². The van der Waals surface area contributed by atoms with Crippen LogP contribution in [-0.4, -0.2) is 17.8 Å². The third-order valence-electron chi connectivity index (χ3n) is 1.89. The Labute approximate surface area is 88.2 Å². The maximum absolute atomic E-state index is 10.8. The fourth-order valence-electron chi connectivity index (χ4n) is 1.07. The summed E-state index contributed by atoms with van der Waals surface area (Å²) < 4.78 is 0. The number of primary amides is 1. The third-order valence-corrected chi connectivity index (χ3v) is 2.20. The molecule has 0 aliphatic carbocycles. The lowest BCUT2D eigenvalue weighted by Gasteiger charge is -2.11. The van der Waals surface area contributed by atoms with E-state index in [0.717, 1.165) is 5.56 Å². The second-order valence-corrected chi connectivity index (χ2v) is 3.28. The Morgan fingerprint density at radius 3 is 2.57 bits per heavy atom. The van der Waals surface area contributed by atoms with Crippen LogP contribution in [0.1, 0.15) is 5.56 Å². The smallest absolute Gasteiger partial charge is 0.235 e. The van der Waals surface area contributed by atoms with Crippen LogP contribution in [0.25, 0.3) is 0 Å². The fourth-order valence-corrected chi connectivity index (χ4v) is 1.33. The highest BCUT2D eigenvalue weighted by Crippen LogP contribution is 1.98. The van der Waals surface area contributed by atoms with E-state index in [1.807, 2.05) is 30.3 Å². The van der Waals surface area contributed by atoms with E-state index in [9.17, 15) is 4.79 Å². The van der Waals surface area contributed by atoms with Gasteiger partial charge in [-0.25, -0.2) is 0 Å². The maximum Gasteiger partial charge on any atom is 0.235 e. The van der Waals surface area contributed by atoms with Gasteiger partial charge in [0.2, 0.25) is 5.91 Å². The summed E-state index contributed by atoms with van der Waals surface area (Å²) in [6.07, 6.45) is 0. The van der Waals surface area contributed by atoms with E-state index in [2.05, 4.69) is 5.32 Å². The van der Waals surface area contributed by atoms with Gasteiger partial charge in [0, 0.05) is 12.4 Å². The maximum atomic E-state index is 10.8. The summed E-state index contributed by atoms with van der Waals surface area (Å²) in [5, 5.41) is 2.98. The second-order valence-electron chi connectivity index (χ2n) is 2.98. The molecule has 0 heterocycles. The van der Waals surface area contributed by atoms with E-state index < -0.39 is 11.9 Å². The number of rotatable bonds is 5. The highest BCUT2D eigenvalue weighted by Gasteiger charge is 2.12. The molecule has 1 rings (SSSR count).